The summed E-state index contributed by atoms with van der Waals surface area (Å²) in [6.07, 6.45) is 3.50. The van der Waals surface area contributed by atoms with Crippen LogP contribution in [0.5, 0.6) is 0 Å². The molecule has 4 nitrogen and oxygen atoms in total. The Morgan fingerprint density at radius 2 is 2.17 bits per heavy atom. The number of aliphatic hydroxyl groups excluding tert-OH is 1. The molecule has 0 aromatic carbocycles. The van der Waals surface area contributed by atoms with Gasteiger partial charge in [-0.2, -0.15) is 5.10 Å². The number of nitrogens with zero attached hydrogens (tertiary/aromatic N) is 2. The van der Waals surface area contributed by atoms with Gasteiger partial charge in [-0.25, -0.2) is 0 Å². The maximum atomic E-state index is 10.4. The predicted octanol–water partition coefficient (Wildman–Crippen LogP) is 2.32. The van der Waals surface area contributed by atoms with Crippen molar-refractivity contribution < 1.29 is 9.84 Å². The lowest BCUT2D eigenvalue weighted by molar-refractivity contribution is 0.0417. The largest absolute Gasteiger partial charge is 0.387 e. The van der Waals surface area contributed by atoms with Gasteiger partial charge in [0.2, 0.25) is 0 Å². The van der Waals surface area contributed by atoms with Gasteiger partial charge in [0.15, 0.2) is 0 Å². The monoisotopic (exact) mass is 252 g/mol. The van der Waals surface area contributed by atoms with Crippen LogP contribution < -0.4 is 0 Å². The Balaban J connectivity index is 2.02. The Morgan fingerprint density at radius 1 is 1.44 bits per heavy atom. The van der Waals surface area contributed by atoms with E-state index >= 15 is 0 Å². The highest BCUT2D eigenvalue weighted by Crippen LogP contribution is 2.28. The molecule has 1 fully saturated rings. The fourth-order valence-electron chi connectivity index (χ4n) is 2.60. The number of ether oxygens (including phenoxy) is 1. The molecule has 1 aliphatic rings. The SMILES string of the molecule is CCc1cc(C(O)CC2CCOCC2)n(CC)n1. The molecule has 0 bridgehead atoms. The van der Waals surface area contributed by atoms with E-state index in [-0.39, 0.29) is 6.10 Å². The summed E-state index contributed by atoms with van der Waals surface area (Å²) < 4.78 is 7.29. The highest BCUT2D eigenvalue weighted by molar-refractivity contribution is 5.13. The third kappa shape index (κ3) is 3.12. The van der Waals surface area contributed by atoms with Gasteiger partial charge in [-0.3, -0.25) is 4.68 Å². The van der Waals surface area contributed by atoms with Gasteiger partial charge in [0, 0.05) is 19.8 Å². The minimum atomic E-state index is -0.388. The molecule has 1 N–H and O–H groups in total. The van der Waals surface area contributed by atoms with Gasteiger partial charge in [-0.1, -0.05) is 6.92 Å². The van der Waals surface area contributed by atoms with Crippen molar-refractivity contribution in [3.8, 4) is 0 Å². The maximum absolute atomic E-state index is 10.4. The molecule has 1 unspecified atom stereocenters. The fourth-order valence-corrected chi connectivity index (χ4v) is 2.60. The predicted molar refractivity (Wildman–Crippen MR) is 70.4 cm³/mol. The Morgan fingerprint density at radius 3 is 2.78 bits per heavy atom. The maximum Gasteiger partial charge on any atom is 0.0959 e. The number of aromatic nitrogens is 2. The van der Waals surface area contributed by atoms with E-state index in [4.69, 9.17) is 4.74 Å². The average molecular weight is 252 g/mol. The molecule has 1 saturated heterocycles. The van der Waals surface area contributed by atoms with Crippen molar-refractivity contribution in [2.75, 3.05) is 13.2 Å². The molecule has 0 aliphatic carbocycles. The van der Waals surface area contributed by atoms with Crippen molar-refractivity contribution in [1.82, 2.24) is 9.78 Å². The summed E-state index contributed by atoms with van der Waals surface area (Å²) >= 11 is 0. The zero-order valence-corrected chi connectivity index (χ0v) is 11.4. The van der Waals surface area contributed by atoms with Gasteiger partial charge in [-0.05, 0) is 44.6 Å². The van der Waals surface area contributed by atoms with Gasteiger partial charge in [0.1, 0.15) is 0 Å². The van der Waals surface area contributed by atoms with Crippen LogP contribution >= 0.6 is 0 Å². The summed E-state index contributed by atoms with van der Waals surface area (Å²) in [6, 6.07) is 2.05. The first-order chi connectivity index (χ1) is 8.74. The summed E-state index contributed by atoms with van der Waals surface area (Å²) in [5.41, 5.74) is 2.04. The lowest BCUT2D eigenvalue weighted by atomic mass is 9.92. The van der Waals surface area contributed by atoms with Crippen molar-refractivity contribution in [1.29, 1.82) is 0 Å². The van der Waals surface area contributed by atoms with Crippen LogP contribution in [0.4, 0.5) is 0 Å². The van der Waals surface area contributed by atoms with Crippen molar-refractivity contribution in [3.63, 3.8) is 0 Å². The number of aliphatic hydroxyl groups is 1. The van der Waals surface area contributed by atoms with Crippen LogP contribution in [0, 0.1) is 5.92 Å². The molecule has 4 heteroatoms. The van der Waals surface area contributed by atoms with Gasteiger partial charge in [-0.15, -0.1) is 0 Å². The molecular weight excluding hydrogens is 228 g/mol. The first-order valence-corrected chi connectivity index (χ1v) is 7.07. The minimum Gasteiger partial charge on any atom is -0.387 e. The third-order valence-electron chi connectivity index (χ3n) is 3.76. The van der Waals surface area contributed by atoms with E-state index in [0.717, 1.165) is 56.8 Å². The van der Waals surface area contributed by atoms with Crippen molar-refractivity contribution in [3.05, 3.63) is 17.5 Å². The summed E-state index contributed by atoms with van der Waals surface area (Å²) in [7, 11) is 0. The molecule has 1 aromatic rings. The normalized spacial score (nSPS) is 19.1. The quantitative estimate of drug-likeness (QED) is 0.874. The number of aryl methyl sites for hydroxylation is 2. The molecule has 1 aromatic heterocycles. The zero-order chi connectivity index (χ0) is 13.0. The van der Waals surface area contributed by atoms with E-state index < -0.39 is 0 Å². The Kier molecular flexibility index (Phi) is 4.78. The Bertz CT molecular complexity index is 370. The highest BCUT2D eigenvalue weighted by Gasteiger charge is 2.21. The number of hydrogen-bond donors (Lipinski definition) is 1. The molecule has 0 saturated carbocycles. The third-order valence-corrected chi connectivity index (χ3v) is 3.76. The molecule has 0 radical (unpaired) electrons. The summed E-state index contributed by atoms with van der Waals surface area (Å²) in [5.74, 6) is 0.582. The van der Waals surface area contributed by atoms with E-state index in [1.165, 1.54) is 0 Å². The van der Waals surface area contributed by atoms with E-state index in [0.29, 0.717) is 5.92 Å². The molecule has 1 atom stereocenters. The summed E-state index contributed by atoms with van der Waals surface area (Å²) in [4.78, 5) is 0. The van der Waals surface area contributed by atoms with Crippen LogP contribution in [-0.4, -0.2) is 28.1 Å². The average Bonchev–Trinajstić information content (AvgIpc) is 2.83. The van der Waals surface area contributed by atoms with Gasteiger partial charge in [0.05, 0.1) is 17.5 Å². The van der Waals surface area contributed by atoms with Crippen LogP contribution in [0.25, 0.3) is 0 Å². The fraction of sp³-hybridized carbons (Fsp3) is 0.786. The van der Waals surface area contributed by atoms with Crippen molar-refractivity contribution in [2.45, 2.75) is 52.2 Å². The molecule has 1 aliphatic heterocycles. The van der Waals surface area contributed by atoms with E-state index in [2.05, 4.69) is 18.9 Å². The molecule has 2 rings (SSSR count). The second-order valence-corrected chi connectivity index (χ2v) is 5.04. The van der Waals surface area contributed by atoms with Crippen molar-refractivity contribution >= 4 is 0 Å². The second kappa shape index (κ2) is 6.34. The Hall–Kier alpha value is -0.870. The van der Waals surface area contributed by atoms with Gasteiger partial charge < -0.3 is 9.84 Å². The second-order valence-electron chi connectivity index (χ2n) is 5.04. The van der Waals surface area contributed by atoms with Crippen molar-refractivity contribution in [2.24, 2.45) is 5.92 Å². The lowest BCUT2D eigenvalue weighted by Crippen LogP contribution is -2.19. The molecular formula is C14H24N2O2. The number of rotatable bonds is 5. The van der Waals surface area contributed by atoms with E-state index in [1.54, 1.807) is 0 Å². The van der Waals surface area contributed by atoms with E-state index in [1.807, 2.05) is 10.7 Å². The topological polar surface area (TPSA) is 47.3 Å². The van der Waals surface area contributed by atoms with Gasteiger partial charge >= 0.3 is 0 Å². The highest BCUT2D eigenvalue weighted by atomic mass is 16.5. The first kappa shape index (κ1) is 13.6. The molecule has 0 amide bonds. The summed E-state index contributed by atoms with van der Waals surface area (Å²) in [6.45, 7) is 6.66. The molecule has 102 valence electrons. The van der Waals surface area contributed by atoms with Crippen LogP contribution in [0.1, 0.15) is 50.6 Å². The van der Waals surface area contributed by atoms with Crippen LogP contribution in [0.3, 0.4) is 0 Å². The molecule has 0 spiro atoms. The zero-order valence-electron chi connectivity index (χ0n) is 11.4. The molecule has 2 heterocycles. The lowest BCUT2D eigenvalue weighted by Gasteiger charge is -2.24. The standard InChI is InChI=1S/C14H24N2O2/c1-3-12-10-13(16(4-2)15-12)14(17)9-11-5-7-18-8-6-11/h10-11,14,17H,3-9H2,1-2H3. The van der Waals surface area contributed by atoms with Crippen LogP contribution in [0.2, 0.25) is 0 Å². The number of hydrogen-bond acceptors (Lipinski definition) is 3. The molecule has 18 heavy (non-hydrogen) atoms. The van der Waals surface area contributed by atoms with Crippen LogP contribution in [0.15, 0.2) is 6.07 Å². The van der Waals surface area contributed by atoms with Crippen LogP contribution in [-0.2, 0) is 17.7 Å². The minimum absolute atomic E-state index is 0.388. The van der Waals surface area contributed by atoms with Gasteiger partial charge in [0.25, 0.3) is 0 Å². The Labute approximate surface area is 109 Å². The smallest absolute Gasteiger partial charge is 0.0959 e. The summed E-state index contributed by atoms with van der Waals surface area (Å²) in [5, 5.41) is 14.9. The van der Waals surface area contributed by atoms with E-state index in [9.17, 15) is 5.11 Å². The first-order valence-electron chi connectivity index (χ1n) is 7.07.